The minimum Gasteiger partial charge on any atom is -0.480 e. The van der Waals surface area contributed by atoms with Crippen molar-refractivity contribution in [2.24, 2.45) is 5.92 Å². The van der Waals surface area contributed by atoms with Gasteiger partial charge in [-0.15, -0.1) is 0 Å². The lowest BCUT2D eigenvalue weighted by atomic mass is 10.1. The van der Waals surface area contributed by atoms with Crippen LogP contribution in [0.4, 0.5) is 0 Å². The summed E-state index contributed by atoms with van der Waals surface area (Å²) in [5.74, 6) is -0.954. The number of carbonyl (C=O) groups is 2. The maximum absolute atomic E-state index is 12.5. The number of nitrogens with zero attached hydrogens (tertiary/aromatic N) is 1. The Balaban J connectivity index is 1.70. The van der Waals surface area contributed by atoms with Crippen molar-refractivity contribution in [2.75, 3.05) is 19.8 Å². The van der Waals surface area contributed by atoms with Gasteiger partial charge in [0.1, 0.15) is 0 Å². The number of carboxylic acids is 1. The van der Waals surface area contributed by atoms with Crippen molar-refractivity contribution in [3.63, 3.8) is 0 Å². The van der Waals surface area contributed by atoms with E-state index in [-0.39, 0.29) is 24.3 Å². The third kappa shape index (κ3) is 2.96. The lowest BCUT2D eigenvalue weighted by molar-refractivity contribution is -0.158. The molecule has 1 aliphatic heterocycles. The van der Waals surface area contributed by atoms with E-state index in [1.54, 1.807) is 0 Å². The Bertz CT molecular complexity index is 577. The molecule has 1 amide bonds. The molecule has 0 radical (unpaired) electrons. The Hall–Kier alpha value is -1.40. The molecule has 0 unspecified atom stereocenters. The fourth-order valence-electron chi connectivity index (χ4n) is 2.86. The van der Waals surface area contributed by atoms with Gasteiger partial charge in [-0.05, 0) is 30.0 Å². The number of hydrogen-bond donors (Lipinski definition) is 1. The lowest BCUT2D eigenvalue weighted by Gasteiger charge is -2.33. The highest BCUT2D eigenvalue weighted by atomic mass is 79.9. The van der Waals surface area contributed by atoms with Crippen LogP contribution in [0.1, 0.15) is 17.9 Å². The van der Waals surface area contributed by atoms with E-state index < -0.39 is 12.0 Å². The minimum absolute atomic E-state index is 0.0596. The second-order valence-corrected chi connectivity index (χ2v) is 6.38. The molecule has 6 heteroatoms. The Morgan fingerprint density at radius 3 is 2.90 bits per heavy atom. The smallest absolute Gasteiger partial charge is 0.328 e. The van der Waals surface area contributed by atoms with Crippen LogP contribution >= 0.6 is 15.9 Å². The topological polar surface area (TPSA) is 66.8 Å². The van der Waals surface area contributed by atoms with E-state index in [2.05, 4.69) is 15.9 Å². The third-order valence-electron chi connectivity index (χ3n) is 4.08. The molecule has 2 fully saturated rings. The summed E-state index contributed by atoms with van der Waals surface area (Å²) in [6.45, 7) is 0.844. The van der Waals surface area contributed by atoms with Crippen molar-refractivity contribution in [3.8, 4) is 0 Å². The quantitative estimate of drug-likeness (QED) is 0.900. The van der Waals surface area contributed by atoms with Crippen molar-refractivity contribution in [3.05, 3.63) is 34.3 Å². The highest BCUT2D eigenvalue weighted by Gasteiger charge is 2.48. The second-order valence-electron chi connectivity index (χ2n) is 5.46. The SMILES string of the molecule is O=C(O)[C@@H]1COCCN1C(=O)[C@@H]1C[C@H]1c1cccc(Br)c1. The number of hydrogen-bond acceptors (Lipinski definition) is 3. The van der Waals surface area contributed by atoms with Crippen molar-refractivity contribution in [2.45, 2.75) is 18.4 Å². The van der Waals surface area contributed by atoms with Gasteiger partial charge in [0.05, 0.1) is 13.2 Å². The molecule has 1 aliphatic carbocycles. The molecule has 1 saturated heterocycles. The molecule has 1 heterocycles. The van der Waals surface area contributed by atoms with Crippen LogP contribution in [-0.2, 0) is 14.3 Å². The van der Waals surface area contributed by atoms with Gasteiger partial charge in [0.25, 0.3) is 0 Å². The van der Waals surface area contributed by atoms with E-state index in [1.807, 2.05) is 24.3 Å². The van der Waals surface area contributed by atoms with Crippen LogP contribution in [0.25, 0.3) is 0 Å². The van der Waals surface area contributed by atoms with Crippen LogP contribution in [0, 0.1) is 5.92 Å². The molecule has 3 rings (SSSR count). The van der Waals surface area contributed by atoms with E-state index in [0.717, 1.165) is 16.5 Å². The van der Waals surface area contributed by atoms with Crippen LogP contribution in [-0.4, -0.2) is 47.7 Å². The molecule has 112 valence electrons. The molecule has 1 aromatic rings. The zero-order valence-electron chi connectivity index (χ0n) is 11.4. The molecule has 0 spiro atoms. The summed E-state index contributed by atoms with van der Waals surface area (Å²) in [5, 5.41) is 9.20. The van der Waals surface area contributed by atoms with Gasteiger partial charge in [0, 0.05) is 16.9 Å². The van der Waals surface area contributed by atoms with E-state index >= 15 is 0 Å². The first-order chi connectivity index (χ1) is 10.1. The zero-order chi connectivity index (χ0) is 15.0. The molecular formula is C15H16BrNO4. The summed E-state index contributed by atoms with van der Waals surface area (Å²) in [6, 6.07) is 7.08. The molecule has 2 aliphatic rings. The number of rotatable bonds is 3. The van der Waals surface area contributed by atoms with Crippen LogP contribution in [0.15, 0.2) is 28.7 Å². The monoisotopic (exact) mass is 353 g/mol. The highest BCUT2D eigenvalue weighted by Crippen LogP contribution is 2.49. The minimum atomic E-state index is -0.997. The normalized spacial score (nSPS) is 28.2. The summed E-state index contributed by atoms with van der Waals surface area (Å²) < 4.78 is 6.16. The lowest BCUT2D eigenvalue weighted by Crippen LogP contribution is -2.53. The molecule has 1 aromatic carbocycles. The molecule has 1 N–H and O–H groups in total. The first kappa shape index (κ1) is 14.5. The second kappa shape index (κ2) is 5.77. The van der Waals surface area contributed by atoms with Gasteiger partial charge in [-0.3, -0.25) is 4.79 Å². The number of ether oxygens (including phenoxy) is 1. The van der Waals surface area contributed by atoms with Gasteiger partial charge in [-0.2, -0.15) is 0 Å². The zero-order valence-corrected chi connectivity index (χ0v) is 13.0. The van der Waals surface area contributed by atoms with Gasteiger partial charge in [0.15, 0.2) is 6.04 Å². The number of halogens is 1. The summed E-state index contributed by atoms with van der Waals surface area (Å²) in [5.41, 5.74) is 1.13. The standard InChI is InChI=1S/C15H16BrNO4/c16-10-3-1-2-9(6-10)11-7-12(11)14(18)17-4-5-21-8-13(17)15(19)20/h1-3,6,11-13H,4-5,7-8H2,(H,19,20)/t11-,12+,13-/m0/s1. The Kier molecular flexibility index (Phi) is 3.99. The van der Waals surface area contributed by atoms with Gasteiger partial charge in [-0.1, -0.05) is 28.1 Å². The van der Waals surface area contributed by atoms with E-state index in [0.29, 0.717) is 13.2 Å². The van der Waals surface area contributed by atoms with E-state index in [9.17, 15) is 14.7 Å². The van der Waals surface area contributed by atoms with Gasteiger partial charge >= 0.3 is 5.97 Å². The van der Waals surface area contributed by atoms with Crippen molar-refractivity contribution < 1.29 is 19.4 Å². The van der Waals surface area contributed by atoms with Crippen molar-refractivity contribution in [1.82, 2.24) is 4.90 Å². The fraction of sp³-hybridized carbons (Fsp3) is 0.467. The maximum Gasteiger partial charge on any atom is 0.328 e. The Labute approximate surface area is 131 Å². The summed E-state index contributed by atoms with van der Waals surface area (Å²) in [6.07, 6.45) is 0.791. The van der Waals surface area contributed by atoms with Gasteiger partial charge < -0.3 is 14.7 Å². The average Bonchev–Trinajstić information content (AvgIpc) is 3.27. The summed E-state index contributed by atoms with van der Waals surface area (Å²) in [4.78, 5) is 25.2. The first-order valence-corrected chi connectivity index (χ1v) is 7.73. The average molecular weight is 354 g/mol. The number of aliphatic carboxylic acids is 1. The molecule has 3 atom stereocenters. The summed E-state index contributed by atoms with van der Waals surface area (Å²) >= 11 is 3.43. The molecule has 1 saturated carbocycles. The highest BCUT2D eigenvalue weighted by molar-refractivity contribution is 9.10. The first-order valence-electron chi connectivity index (χ1n) is 6.94. The van der Waals surface area contributed by atoms with Gasteiger partial charge in [-0.25, -0.2) is 4.79 Å². The largest absolute Gasteiger partial charge is 0.480 e. The molecule has 0 aromatic heterocycles. The molecule has 0 bridgehead atoms. The van der Waals surface area contributed by atoms with Crippen LogP contribution in [0.2, 0.25) is 0 Å². The molecular weight excluding hydrogens is 338 g/mol. The van der Waals surface area contributed by atoms with Crippen LogP contribution in [0.3, 0.4) is 0 Å². The van der Waals surface area contributed by atoms with E-state index in [1.165, 1.54) is 4.90 Å². The van der Waals surface area contributed by atoms with Crippen molar-refractivity contribution in [1.29, 1.82) is 0 Å². The number of carboxylic acid groups (broad SMARTS) is 1. The van der Waals surface area contributed by atoms with Crippen LogP contribution in [0.5, 0.6) is 0 Å². The molecule has 5 nitrogen and oxygen atoms in total. The van der Waals surface area contributed by atoms with Crippen molar-refractivity contribution >= 4 is 27.8 Å². The van der Waals surface area contributed by atoms with E-state index in [4.69, 9.17) is 4.74 Å². The third-order valence-corrected chi connectivity index (χ3v) is 4.57. The number of carbonyl (C=O) groups excluding carboxylic acids is 1. The Morgan fingerprint density at radius 1 is 1.38 bits per heavy atom. The predicted molar refractivity (Wildman–Crippen MR) is 78.9 cm³/mol. The summed E-state index contributed by atoms with van der Waals surface area (Å²) in [7, 11) is 0. The Morgan fingerprint density at radius 2 is 2.19 bits per heavy atom. The maximum atomic E-state index is 12.5. The van der Waals surface area contributed by atoms with Gasteiger partial charge in [0.2, 0.25) is 5.91 Å². The number of amides is 1. The van der Waals surface area contributed by atoms with Crippen LogP contribution < -0.4 is 0 Å². The molecule has 21 heavy (non-hydrogen) atoms. The number of benzene rings is 1. The predicted octanol–water partition coefficient (Wildman–Crippen LogP) is 1.86. The fourth-order valence-corrected chi connectivity index (χ4v) is 3.28. The number of morpholine rings is 1.